The molecule has 0 unspecified atom stereocenters. The Morgan fingerprint density at radius 2 is 2.00 bits per heavy atom. The maximum atomic E-state index is 12.3. The smallest absolute Gasteiger partial charge is 0.335 e. The highest BCUT2D eigenvalue weighted by Crippen LogP contribution is 2.33. The van der Waals surface area contributed by atoms with Gasteiger partial charge >= 0.3 is 5.97 Å². The summed E-state index contributed by atoms with van der Waals surface area (Å²) in [5, 5.41) is 9.41. The van der Waals surface area contributed by atoms with Crippen LogP contribution in [-0.2, 0) is 4.79 Å². The first-order valence-electron chi connectivity index (χ1n) is 6.79. The van der Waals surface area contributed by atoms with E-state index < -0.39 is 5.97 Å². The molecule has 1 aliphatic rings. The normalized spacial score (nSPS) is 17.9. The number of benzene rings is 1. The number of likely N-dealkylation sites (N-methyl/N-ethyl adjacent to an activating group) is 1. The fraction of sp³-hybridized carbons (Fsp3) is 0.0625. The fourth-order valence-corrected chi connectivity index (χ4v) is 3.26. The van der Waals surface area contributed by atoms with Gasteiger partial charge in [0.15, 0.2) is 9.84 Å². The third-order valence-corrected chi connectivity index (χ3v) is 4.70. The number of carbonyl (C=O) groups excluding carboxylic acids is 1. The number of furan rings is 1. The van der Waals surface area contributed by atoms with Crippen LogP contribution in [0.3, 0.4) is 0 Å². The number of hydrogen-bond donors (Lipinski definition) is 1. The highest BCUT2D eigenvalue weighted by Gasteiger charge is 2.30. The lowest BCUT2D eigenvalue weighted by atomic mass is 10.2. The monoisotopic (exact) mass is 406 g/mol. The van der Waals surface area contributed by atoms with Crippen LogP contribution in [0.2, 0.25) is 0 Å². The summed E-state index contributed by atoms with van der Waals surface area (Å²) < 4.78 is 5.97. The topological polar surface area (TPSA) is 83.1 Å². The summed E-state index contributed by atoms with van der Waals surface area (Å²) in [6.07, 6.45) is 1.66. The van der Waals surface area contributed by atoms with Gasteiger partial charge in [-0.15, -0.1) is 0 Å². The lowest BCUT2D eigenvalue weighted by Crippen LogP contribution is -2.23. The molecule has 8 heteroatoms. The highest BCUT2D eigenvalue weighted by atomic mass is 79.9. The van der Waals surface area contributed by atoms with Crippen LogP contribution in [0.5, 0.6) is 0 Å². The van der Waals surface area contributed by atoms with Crippen molar-refractivity contribution in [3.05, 3.63) is 57.3 Å². The Hall–Kier alpha value is -2.32. The Labute approximate surface area is 150 Å². The Bertz CT molecular complexity index is 870. The third kappa shape index (κ3) is 3.44. The van der Waals surface area contributed by atoms with Crippen molar-refractivity contribution >= 4 is 56.5 Å². The molecule has 3 rings (SSSR count). The second-order valence-corrected chi connectivity index (χ2v) is 6.65. The zero-order valence-electron chi connectivity index (χ0n) is 12.4. The predicted octanol–water partition coefficient (Wildman–Crippen LogP) is 3.97. The van der Waals surface area contributed by atoms with Crippen molar-refractivity contribution in [2.45, 2.75) is 0 Å². The number of amides is 1. The quantitative estimate of drug-likeness (QED) is 0.779. The van der Waals surface area contributed by atoms with Crippen LogP contribution in [-0.4, -0.2) is 34.1 Å². The molecule has 0 aliphatic carbocycles. The zero-order chi connectivity index (χ0) is 17.3. The second kappa shape index (κ2) is 6.66. The van der Waals surface area contributed by atoms with Gasteiger partial charge in [0.1, 0.15) is 5.76 Å². The molecule has 2 aromatic rings. The van der Waals surface area contributed by atoms with E-state index in [-0.39, 0.29) is 11.5 Å². The van der Waals surface area contributed by atoms with Gasteiger partial charge in [0.05, 0.1) is 16.2 Å². The van der Waals surface area contributed by atoms with Gasteiger partial charge in [-0.3, -0.25) is 9.69 Å². The summed E-state index contributed by atoms with van der Waals surface area (Å²) in [7, 11) is 1.64. The largest absolute Gasteiger partial charge is 0.478 e. The summed E-state index contributed by atoms with van der Waals surface area (Å²) in [6, 6.07) is 9.64. The van der Waals surface area contributed by atoms with Gasteiger partial charge in [-0.1, -0.05) is 0 Å². The molecule has 1 N–H and O–H groups in total. The number of aliphatic imine (C=N–C) groups is 1. The van der Waals surface area contributed by atoms with Gasteiger partial charge < -0.3 is 9.52 Å². The van der Waals surface area contributed by atoms with E-state index in [1.165, 1.54) is 28.8 Å². The Kier molecular flexibility index (Phi) is 4.59. The van der Waals surface area contributed by atoms with Crippen molar-refractivity contribution in [2.24, 2.45) is 4.99 Å². The van der Waals surface area contributed by atoms with E-state index in [1.807, 2.05) is 0 Å². The number of carboxylic acids is 1. The molecule has 1 amide bonds. The molecule has 0 radical (unpaired) electrons. The SMILES string of the molecule is CN1C(=O)/C(=C/c2ccc(Br)o2)SC1=Nc1ccc(C(=O)O)cc1. The Balaban J connectivity index is 1.85. The molecule has 24 heavy (non-hydrogen) atoms. The Morgan fingerprint density at radius 3 is 2.58 bits per heavy atom. The first-order chi connectivity index (χ1) is 11.4. The van der Waals surface area contributed by atoms with Crippen LogP contribution in [0.25, 0.3) is 6.08 Å². The highest BCUT2D eigenvalue weighted by molar-refractivity contribution is 9.10. The van der Waals surface area contributed by atoms with Crippen molar-refractivity contribution < 1.29 is 19.1 Å². The van der Waals surface area contributed by atoms with E-state index in [2.05, 4.69) is 20.9 Å². The van der Waals surface area contributed by atoms with Gasteiger partial charge in [0.2, 0.25) is 0 Å². The van der Waals surface area contributed by atoms with E-state index in [4.69, 9.17) is 9.52 Å². The van der Waals surface area contributed by atoms with E-state index in [0.29, 0.717) is 26.2 Å². The van der Waals surface area contributed by atoms with Crippen LogP contribution >= 0.6 is 27.7 Å². The number of thioether (sulfide) groups is 1. The van der Waals surface area contributed by atoms with Crippen LogP contribution in [0.4, 0.5) is 5.69 Å². The molecule has 1 aromatic heterocycles. The summed E-state index contributed by atoms with van der Waals surface area (Å²) in [6.45, 7) is 0. The number of aromatic carboxylic acids is 1. The zero-order valence-corrected chi connectivity index (χ0v) is 14.8. The predicted molar refractivity (Wildman–Crippen MR) is 95.2 cm³/mol. The fourth-order valence-electron chi connectivity index (χ4n) is 1.98. The molecule has 0 bridgehead atoms. The van der Waals surface area contributed by atoms with E-state index in [9.17, 15) is 9.59 Å². The molecule has 0 saturated carbocycles. The van der Waals surface area contributed by atoms with Gasteiger partial charge in [0, 0.05) is 13.1 Å². The number of amidine groups is 1. The number of carbonyl (C=O) groups is 2. The molecule has 1 aromatic carbocycles. The van der Waals surface area contributed by atoms with Gasteiger partial charge in [-0.05, 0) is 64.1 Å². The van der Waals surface area contributed by atoms with Crippen LogP contribution in [0, 0.1) is 0 Å². The second-order valence-electron chi connectivity index (χ2n) is 4.86. The molecule has 1 saturated heterocycles. The van der Waals surface area contributed by atoms with Crippen LogP contribution < -0.4 is 0 Å². The van der Waals surface area contributed by atoms with Crippen molar-refractivity contribution in [1.82, 2.24) is 4.90 Å². The first-order valence-corrected chi connectivity index (χ1v) is 8.40. The summed E-state index contributed by atoms with van der Waals surface area (Å²) in [5.41, 5.74) is 0.760. The maximum Gasteiger partial charge on any atom is 0.335 e. The minimum absolute atomic E-state index is 0.173. The molecule has 1 aliphatic heterocycles. The average molecular weight is 407 g/mol. The summed E-state index contributed by atoms with van der Waals surface area (Å²) in [4.78, 5) is 29.5. The van der Waals surface area contributed by atoms with Crippen molar-refractivity contribution in [3.8, 4) is 0 Å². The molecular formula is C16H11BrN2O4S. The van der Waals surface area contributed by atoms with E-state index in [1.54, 1.807) is 37.4 Å². The molecular weight excluding hydrogens is 396 g/mol. The molecule has 1 fully saturated rings. The van der Waals surface area contributed by atoms with Crippen molar-refractivity contribution in [2.75, 3.05) is 7.05 Å². The van der Waals surface area contributed by atoms with Gasteiger partial charge in [-0.25, -0.2) is 9.79 Å². The molecule has 6 nitrogen and oxygen atoms in total. The first kappa shape index (κ1) is 16.5. The summed E-state index contributed by atoms with van der Waals surface area (Å²) >= 11 is 4.45. The number of hydrogen-bond acceptors (Lipinski definition) is 5. The lowest BCUT2D eigenvalue weighted by molar-refractivity contribution is -0.121. The van der Waals surface area contributed by atoms with Crippen molar-refractivity contribution in [3.63, 3.8) is 0 Å². The van der Waals surface area contributed by atoms with Crippen molar-refractivity contribution in [1.29, 1.82) is 0 Å². The third-order valence-electron chi connectivity index (χ3n) is 3.21. The average Bonchev–Trinajstić information content (AvgIpc) is 3.07. The van der Waals surface area contributed by atoms with E-state index >= 15 is 0 Å². The standard InChI is InChI=1S/C16H11BrN2O4S/c1-19-14(20)12(8-11-6-7-13(17)23-11)24-16(19)18-10-4-2-9(3-5-10)15(21)22/h2-8H,1H3,(H,21,22)/b12-8-,18-16?. The lowest BCUT2D eigenvalue weighted by Gasteiger charge is -2.07. The molecule has 122 valence electrons. The summed E-state index contributed by atoms with van der Waals surface area (Å²) in [5.74, 6) is -0.599. The minimum atomic E-state index is -0.994. The molecule has 0 spiro atoms. The molecule has 0 atom stereocenters. The maximum absolute atomic E-state index is 12.3. The van der Waals surface area contributed by atoms with E-state index in [0.717, 1.165) is 0 Å². The number of nitrogens with zero attached hydrogens (tertiary/aromatic N) is 2. The number of carboxylic acid groups (broad SMARTS) is 1. The number of rotatable bonds is 3. The van der Waals surface area contributed by atoms with Gasteiger partial charge in [0.25, 0.3) is 5.91 Å². The van der Waals surface area contributed by atoms with Gasteiger partial charge in [-0.2, -0.15) is 0 Å². The van der Waals surface area contributed by atoms with Crippen LogP contribution in [0.15, 0.2) is 55.4 Å². The number of halogens is 1. The Morgan fingerprint density at radius 1 is 1.29 bits per heavy atom. The molecule has 2 heterocycles. The van der Waals surface area contributed by atoms with Crippen LogP contribution in [0.1, 0.15) is 16.1 Å². The minimum Gasteiger partial charge on any atom is -0.478 e.